The SMILES string of the molecule is N#CN(C#N)C(=O)C1CCCCCC1. The largest absolute Gasteiger partial charge is 0.272 e. The Morgan fingerprint density at radius 2 is 1.57 bits per heavy atom. The molecular formula is C10H13N3O. The fourth-order valence-corrected chi connectivity index (χ4v) is 1.83. The van der Waals surface area contributed by atoms with E-state index in [1.54, 1.807) is 12.4 Å². The molecule has 4 nitrogen and oxygen atoms in total. The molecule has 0 atom stereocenters. The maximum Gasteiger partial charge on any atom is 0.252 e. The molecule has 1 amide bonds. The van der Waals surface area contributed by atoms with Gasteiger partial charge in [-0.2, -0.15) is 10.5 Å². The number of hydrogen-bond donors (Lipinski definition) is 0. The average molecular weight is 191 g/mol. The van der Waals surface area contributed by atoms with Crippen LogP contribution in [-0.4, -0.2) is 10.8 Å². The van der Waals surface area contributed by atoms with Crippen molar-refractivity contribution >= 4 is 5.91 Å². The molecular weight excluding hydrogens is 178 g/mol. The van der Waals surface area contributed by atoms with Crippen molar-refractivity contribution in [3.63, 3.8) is 0 Å². The minimum Gasteiger partial charge on any atom is -0.272 e. The van der Waals surface area contributed by atoms with E-state index in [4.69, 9.17) is 10.5 Å². The summed E-state index contributed by atoms with van der Waals surface area (Å²) in [6, 6.07) is 0. The quantitative estimate of drug-likeness (QED) is 0.360. The second kappa shape index (κ2) is 5.24. The summed E-state index contributed by atoms with van der Waals surface area (Å²) in [5.41, 5.74) is 0. The molecule has 0 bridgehead atoms. The number of amides is 1. The van der Waals surface area contributed by atoms with E-state index in [-0.39, 0.29) is 11.8 Å². The predicted octanol–water partition coefficient (Wildman–Crippen LogP) is 1.75. The summed E-state index contributed by atoms with van der Waals surface area (Å²) in [6.07, 6.45) is 9.19. The lowest BCUT2D eigenvalue weighted by atomic mass is 9.99. The van der Waals surface area contributed by atoms with Crippen molar-refractivity contribution in [2.45, 2.75) is 38.5 Å². The van der Waals surface area contributed by atoms with E-state index in [2.05, 4.69) is 0 Å². The summed E-state index contributed by atoms with van der Waals surface area (Å²) in [6.45, 7) is 0. The Balaban J connectivity index is 2.59. The highest BCUT2D eigenvalue weighted by molar-refractivity contribution is 5.81. The molecule has 4 heteroatoms. The van der Waals surface area contributed by atoms with Crippen LogP contribution in [0.5, 0.6) is 0 Å². The van der Waals surface area contributed by atoms with Crippen molar-refractivity contribution in [3.8, 4) is 12.4 Å². The van der Waals surface area contributed by atoms with Gasteiger partial charge in [-0.1, -0.05) is 25.7 Å². The highest BCUT2D eigenvalue weighted by atomic mass is 16.2. The van der Waals surface area contributed by atoms with Crippen LogP contribution in [0.3, 0.4) is 0 Å². The zero-order valence-corrected chi connectivity index (χ0v) is 8.07. The van der Waals surface area contributed by atoms with Crippen LogP contribution in [0.15, 0.2) is 0 Å². The van der Waals surface area contributed by atoms with Crippen LogP contribution < -0.4 is 0 Å². The lowest BCUT2D eigenvalue weighted by Gasteiger charge is -2.13. The second-order valence-corrected chi connectivity index (χ2v) is 3.56. The zero-order chi connectivity index (χ0) is 10.4. The third-order valence-electron chi connectivity index (χ3n) is 2.62. The Kier molecular flexibility index (Phi) is 3.94. The van der Waals surface area contributed by atoms with Crippen LogP contribution in [0.1, 0.15) is 38.5 Å². The van der Waals surface area contributed by atoms with E-state index in [1.165, 1.54) is 0 Å². The normalized spacial score (nSPS) is 17.6. The Morgan fingerprint density at radius 3 is 2.00 bits per heavy atom. The Morgan fingerprint density at radius 1 is 1.07 bits per heavy atom. The molecule has 0 N–H and O–H groups in total. The number of hydrogen-bond acceptors (Lipinski definition) is 3. The van der Waals surface area contributed by atoms with Gasteiger partial charge in [-0.25, -0.2) is 0 Å². The zero-order valence-electron chi connectivity index (χ0n) is 8.07. The fraction of sp³-hybridized carbons (Fsp3) is 0.700. The molecule has 0 radical (unpaired) electrons. The summed E-state index contributed by atoms with van der Waals surface area (Å²) >= 11 is 0. The number of nitriles is 2. The summed E-state index contributed by atoms with van der Waals surface area (Å²) < 4.78 is 0. The van der Waals surface area contributed by atoms with Gasteiger partial charge in [0.1, 0.15) is 0 Å². The van der Waals surface area contributed by atoms with Crippen molar-refractivity contribution in [2.75, 3.05) is 0 Å². The molecule has 0 unspecified atom stereocenters. The summed E-state index contributed by atoms with van der Waals surface area (Å²) in [5, 5.41) is 17.1. The number of carbonyl (C=O) groups is 1. The first-order chi connectivity index (χ1) is 6.79. The van der Waals surface area contributed by atoms with Gasteiger partial charge in [0.05, 0.1) is 0 Å². The lowest BCUT2D eigenvalue weighted by Crippen LogP contribution is -2.28. The Labute approximate surface area is 83.7 Å². The minimum atomic E-state index is -0.322. The molecule has 1 fully saturated rings. The van der Waals surface area contributed by atoms with Crippen molar-refractivity contribution in [1.82, 2.24) is 4.90 Å². The first kappa shape index (κ1) is 10.5. The molecule has 74 valence electrons. The predicted molar refractivity (Wildman–Crippen MR) is 49.3 cm³/mol. The molecule has 1 rings (SSSR count). The lowest BCUT2D eigenvalue weighted by molar-refractivity contribution is -0.130. The maximum atomic E-state index is 11.6. The number of rotatable bonds is 1. The maximum absolute atomic E-state index is 11.6. The van der Waals surface area contributed by atoms with E-state index in [0.29, 0.717) is 4.90 Å². The molecule has 0 aromatic heterocycles. The Bertz CT molecular complexity index is 265. The van der Waals surface area contributed by atoms with Gasteiger partial charge < -0.3 is 0 Å². The molecule has 1 aliphatic rings. The molecule has 0 heterocycles. The Hall–Kier alpha value is -1.55. The summed E-state index contributed by atoms with van der Waals surface area (Å²) in [5.74, 6) is -0.436. The first-order valence-electron chi connectivity index (χ1n) is 4.93. The standard InChI is InChI=1S/C10H13N3O/c11-7-13(8-12)10(14)9-5-3-1-2-4-6-9/h9H,1-6H2. The third-order valence-corrected chi connectivity index (χ3v) is 2.62. The van der Waals surface area contributed by atoms with Crippen LogP contribution in [0.4, 0.5) is 0 Å². The topological polar surface area (TPSA) is 67.9 Å². The molecule has 1 aliphatic carbocycles. The van der Waals surface area contributed by atoms with Gasteiger partial charge in [0.2, 0.25) is 12.4 Å². The highest BCUT2D eigenvalue weighted by Gasteiger charge is 2.25. The monoisotopic (exact) mass is 191 g/mol. The van der Waals surface area contributed by atoms with Crippen molar-refractivity contribution in [2.24, 2.45) is 5.92 Å². The number of carbonyl (C=O) groups excluding carboxylic acids is 1. The van der Waals surface area contributed by atoms with Gasteiger partial charge in [0.25, 0.3) is 5.91 Å². The molecule has 0 aliphatic heterocycles. The van der Waals surface area contributed by atoms with E-state index >= 15 is 0 Å². The van der Waals surface area contributed by atoms with E-state index in [1.807, 2.05) is 0 Å². The van der Waals surface area contributed by atoms with Crippen molar-refractivity contribution in [3.05, 3.63) is 0 Å². The third kappa shape index (κ3) is 2.47. The van der Waals surface area contributed by atoms with Crippen LogP contribution >= 0.6 is 0 Å². The molecule has 0 spiro atoms. The van der Waals surface area contributed by atoms with Crippen molar-refractivity contribution < 1.29 is 4.79 Å². The van der Waals surface area contributed by atoms with E-state index < -0.39 is 0 Å². The average Bonchev–Trinajstić information content (AvgIpc) is 2.47. The van der Waals surface area contributed by atoms with Gasteiger partial charge in [-0.3, -0.25) is 4.79 Å². The van der Waals surface area contributed by atoms with Gasteiger partial charge in [0, 0.05) is 5.92 Å². The molecule has 1 saturated carbocycles. The molecule has 0 aromatic carbocycles. The van der Waals surface area contributed by atoms with Gasteiger partial charge in [-0.15, -0.1) is 4.90 Å². The molecule has 0 saturated heterocycles. The van der Waals surface area contributed by atoms with Crippen LogP contribution in [0.2, 0.25) is 0 Å². The molecule has 14 heavy (non-hydrogen) atoms. The van der Waals surface area contributed by atoms with Gasteiger partial charge in [0.15, 0.2) is 0 Å². The number of nitrogens with zero attached hydrogens (tertiary/aromatic N) is 3. The summed E-state index contributed by atoms with van der Waals surface area (Å²) in [7, 11) is 0. The second-order valence-electron chi connectivity index (χ2n) is 3.56. The van der Waals surface area contributed by atoms with Crippen LogP contribution in [0, 0.1) is 28.8 Å². The summed E-state index contributed by atoms with van der Waals surface area (Å²) in [4.78, 5) is 12.2. The smallest absolute Gasteiger partial charge is 0.252 e. The van der Waals surface area contributed by atoms with E-state index in [0.717, 1.165) is 38.5 Å². The highest BCUT2D eigenvalue weighted by Crippen LogP contribution is 2.24. The van der Waals surface area contributed by atoms with Gasteiger partial charge in [-0.05, 0) is 12.8 Å². The van der Waals surface area contributed by atoms with Crippen molar-refractivity contribution in [1.29, 1.82) is 10.5 Å². The van der Waals surface area contributed by atoms with Crippen LogP contribution in [0.25, 0.3) is 0 Å². The fourth-order valence-electron chi connectivity index (χ4n) is 1.83. The van der Waals surface area contributed by atoms with Gasteiger partial charge >= 0.3 is 0 Å². The van der Waals surface area contributed by atoms with Crippen LogP contribution in [-0.2, 0) is 4.79 Å². The minimum absolute atomic E-state index is 0.114. The van der Waals surface area contributed by atoms with E-state index in [9.17, 15) is 4.79 Å². The molecule has 0 aromatic rings. The first-order valence-corrected chi connectivity index (χ1v) is 4.93.